The number of aliphatic imine (C=N–C) groups is 1. The molecule has 4 unspecified atom stereocenters. The van der Waals surface area contributed by atoms with Crippen molar-refractivity contribution in [2.75, 3.05) is 13.1 Å². The summed E-state index contributed by atoms with van der Waals surface area (Å²) < 4.78 is 0. The summed E-state index contributed by atoms with van der Waals surface area (Å²) in [5, 5.41) is 23.0. The molecule has 0 aromatic rings. The number of carboxylic acids is 2. The van der Waals surface area contributed by atoms with Crippen LogP contribution in [0.5, 0.6) is 0 Å². The number of amides is 4. The van der Waals surface area contributed by atoms with E-state index in [1.807, 2.05) is 0 Å². The van der Waals surface area contributed by atoms with Crippen LogP contribution in [-0.2, 0) is 28.8 Å². The van der Waals surface area contributed by atoms with Crippen LogP contribution in [0.1, 0.15) is 44.9 Å². The van der Waals surface area contributed by atoms with Gasteiger partial charge in [-0.1, -0.05) is 0 Å². The normalized spacial score (nSPS) is 17.4. The molecule has 0 spiro atoms. The van der Waals surface area contributed by atoms with Gasteiger partial charge in [0.1, 0.15) is 18.1 Å². The number of rotatable bonds is 15. The molecule has 36 heavy (non-hydrogen) atoms. The van der Waals surface area contributed by atoms with Crippen LogP contribution in [0.3, 0.4) is 0 Å². The quantitative estimate of drug-likeness (QED) is 0.0594. The number of likely N-dealkylation sites (tertiary alicyclic amines) is 1. The van der Waals surface area contributed by atoms with Crippen LogP contribution >= 0.6 is 0 Å². The number of primary amides is 1. The molecule has 16 nitrogen and oxygen atoms in total. The molecule has 0 aromatic heterocycles. The minimum Gasteiger partial charge on any atom is -0.481 e. The SMILES string of the molecule is NC(=O)CCC(NC(=O)C(N)CC(=O)O)C(=O)N1CCCC1C(=O)NC(CCCN=C(N)N)C(=O)O. The maximum absolute atomic E-state index is 13.2. The van der Waals surface area contributed by atoms with E-state index in [1.54, 1.807) is 0 Å². The van der Waals surface area contributed by atoms with Gasteiger partial charge in [0.05, 0.1) is 12.5 Å². The minimum absolute atomic E-state index is 0.0390. The van der Waals surface area contributed by atoms with Gasteiger partial charge in [-0.15, -0.1) is 0 Å². The van der Waals surface area contributed by atoms with E-state index in [4.69, 9.17) is 28.0 Å². The van der Waals surface area contributed by atoms with E-state index in [2.05, 4.69) is 15.6 Å². The lowest BCUT2D eigenvalue weighted by Gasteiger charge is -2.29. The van der Waals surface area contributed by atoms with E-state index in [1.165, 1.54) is 4.90 Å². The molecule has 0 aliphatic carbocycles. The molecule has 16 heteroatoms. The highest BCUT2D eigenvalue weighted by Gasteiger charge is 2.39. The Morgan fingerprint density at radius 3 is 2.22 bits per heavy atom. The number of guanidine groups is 1. The van der Waals surface area contributed by atoms with Crippen molar-refractivity contribution in [1.29, 1.82) is 0 Å². The predicted octanol–water partition coefficient (Wildman–Crippen LogP) is -3.85. The second kappa shape index (κ2) is 14.4. The molecule has 0 radical (unpaired) electrons. The average molecular weight is 515 g/mol. The zero-order valence-corrected chi connectivity index (χ0v) is 19.7. The Morgan fingerprint density at radius 1 is 1.00 bits per heavy atom. The smallest absolute Gasteiger partial charge is 0.326 e. The highest BCUT2D eigenvalue weighted by Crippen LogP contribution is 2.20. The van der Waals surface area contributed by atoms with Crippen molar-refractivity contribution < 1.29 is 39.0 Å². The maximum atomic E-state index is 13.2. The van der Waals surface area contributed by atoms with Gasteiger partial charge >= 0.3 is 11.9 Å². The molecule has 1 heterocycles. The lowest BCUT2D eigenvalue weighted by molar-refractivity contribution is -0.145. The van der Waals surface area contributed by atoms with Crippen molar-refractivity contribution in [2.45, 2.75) is 69.1 Å². The standard InChI is InChI=1S/C20H34N8O8/c21-10(9-15(30)31)16(32)26-11(5-6-14(22)29)18(34)28-8-2-4-13(28)17(33)27-12(19(35)36)3-1-7-25-20(23)24/h10-13H,1-9,21H2,(H2,22,29)(H,26,32)(H,27,33)(H,30,31)(H,35,36)(H4,23,24,25). The van der Waals surface area contributed by atoms with Gasteiger partial charge < -0.3 is 48.7 Å². The van der Waals surface area contributed by atoms with E-state index < -0.39 is 66.2 Å². The van der Waals surface area contributed by atoms with Gasteiger partial charge in [-0.05, 0) is 32.1 Å². The van der Waals surface area contributed by atoms with Crippen molar-refractivity contribution >= 4 is 41.5 Å². The number of nitrogens with one attached hydrogen (secondary N) is 2. The van der Waals surface area contributed by atoms with Crippen LogP contribution in [-0.4, -0.2) is 93.9 Å². The number of hydrogen-bond acceptors (Lipinski definition) is 8. The van der Waals surface area contributed by atoms with Gasteiger partial charge in [-0.2, -0.15) is 0 Å². The molecule has 1 aliphatic heterocycles. The Bertz CT molecular complexity index is 876. The average Bonchev–Trinajstić information content (AvgIpc) is 3.27. The van der Waals surface area contributed by atoms with Crippen molar-refractivity contribution in [3.05, 3.63) is 0 Å². The molecule has 0 bridgehead atoms. The molecule has 4 atom stereocenters. The highest BCUT2D eigenvalue weighted by molar-refractivity contribution is 5.95. The third-order valence-electron chi connectivity index (χ3n) is 5.42. The molecule has 1 rings (SSSR count). The van der Waals surface area contributed by atoms with Crippen molar-refractivity contribution in [2.24, 2.45) is 27.9 Å². The monoisotopic (exact) mass is 514 g/mol. The molecule has 4 amide bonds. The number of carboxylic acid groups (broad SMARTS) is 2. The van der Waals surface area contributed by atoms with Gasteiger partial charge in [0.15, 0.2) is 5.96 Å². The van der Waals surface area contributed by atoms with Crippen LogP contribution in [0.2, 0.25) is 0 Å². The Kier molecular flexibility index (Phi) is 12.1. The molecular formula is C20H34N8O8. The van der Waals surface area contributed by atoms with Gasteiger partial charge in [-0.3, -0.25) is 29.0 Å². The summed E-state index contributed by atoms with van der Waals surface area (Å²) in [6.07, 6.45) is -0.165. The minimum atomic E-state index is -1.45. The first-order valence-electron chi connectivity index (χ1n) is 11.3. The summed E-state index contributed by atoms with van der Waals surface area (Å²) in [6, 6.07) is -5.01. The summed E-state index contributed by atoms with van der Waals surface area (Å²) in [6.45, 7) is 0.310. The van der Waals surface area contributed by atoms with Gasteiger partial charge in [0.2, 0.25) is 23.6 Å². The summed E-state index contributed by atoms with van der Waals surface area (Å²) in [5.41, 5.74) is 21.2. The van der Waals surface area contributed by atoms with Crippen LogP contribution in [0, 0.1) is 0 Å². The molecule has 12 N–H and O–H groups in total. The van der Waals surface area contributed by atoms with Gasteiger partial charge in [-0.25, -0.2) is 4.79 Å². The van der Waals surface area contributed by atoms with E-state index in [-0.39, 0.29) is 51.2 Å². The maximum Gasteiger partial charge on any atom is 0.326 e. The van der Waals surface area contributed by atoms with Crippen LogP contribution < -0.4 is 33.6 Å². The first-order chi connectivity index (χ1) is 16.8. The van der Waals surface area contributed by atoms with E-state index >= 15 is 0 Å². The lowest BCUT2D eigenvalue weighted by Crippen LogP contribution is -2.57. The summed E-state index contributed by atoms with van der Waals surface area (Å²) >= 11 is 0. The fraction of sp³-hybridized carbons (Fsp3) is 0.650. The third kappa shape index (κ3) is 10.1. The number of nitrogens with two attached hydrogens (primary N) is 4. The zero-order chi connectivity index (χ0) is 27.4. The van der Waals surface area contributed by atoms with E-state index in [9.17, 15) is 33.9 Å². The van der Waals surface area contributed by atoms with Crippen molar-refractivity contribution in [1.82, 2.24) is 15.5 Å². The number of aliphatic carboxylic acids is 2. The number of carbonyl (C=O) groups is 6. The second-order valence-electron chi connectivity index (χ2n) is 8.31. The molecule has 1 aliphatic rings. The van der Waals surface area contributed by atoms with Crippen molar-refractivity contribution in [3.8, 4) is 0 Å². The van der Waals surface area contributed by atoms with Crippen LogP contribution in [0.4, 0.5) is 0 Å². The molecule has 0 saturated carbocycles. The summed E-state index contributed by atoms with van der Waals surface area (Å²) in [7, 11) is 0. The Hall–Kier alpha value is -3.95. The van der Waals surface area contributed by atoms with Crippen LogP contribution in [0.25, 0.3) is 0 Å². The fourth-order valence-electron chi connectivity index (χ4n) is 3.64. The number of nitrogens with zero attached hydrogens (tertiary/aromatic N) is 2. The first-order valence-corrected chi connectivity index (χ1v) is 11.3. The molecule has 202 valence electrons. The Balaban J connectivity index is 2.93. The Labute approximate surface area is 206 Å². The van der Waals surface area contributed by atoms with E-state index in [0.29, 0.717) is 6.42 Å². The topological polar surface area (TPSA) is 287 Å². The molecule has 0 aromatic carbocycles. The van der Waals surface area contributed by atoms with E-state index in [0.717, 1.165) is 0 Å². The summed E-state index contributed by atoms with van der Waals surface area (Å²) in [4.78, 5) is 77.0. The van der Waals surface area contributed by atoms with Crippen molar-refractivity contribution in [3.63, 3.8) is 0 Å². The van der Waals surface area contributed by atoms with Crippen LogP contribution in [0.15, 0.2) is 4.99 Å². The predicted molar refractivity (Wildman–Crippen MR) is 125 cm³/mol. The van der Waals surface area contributed by atoms with Gasteiger partial charge in [0, 0.05) is 19.5 Å². The lowest BCUT2D eigenvalue weighted by atomic mass is 10.1. The third-order valence-corrected chi connectivity index (χ3v) is 5.42. The number of carbonyl (C=O) groups excluding carboxylic acids is 4. The molecular weight excluding hydrogens is 480 g/mol. The summed E-state index contributed by atoms with van der Waals surface area (Å²) in [5.74, 6) is -5.80. The highest BCUT2D eigenvalue weighted by atomic mass is 16.4. The van der Waals surface area contributed by atoms with Gasteiger partial charge in [0.25, 0.3) is 0 Å². The number of hydrogen-bond donors (Lipinski definition) is 8. The molecule has 1 fully saturated rings. The zero-order valence-electron chi connectivity index (χ0n) is 19.7. The Morgan fingerprint density at radius 2 is 1.67 bits per heavy atom. The second-order valence-corrected chi connectivity index (χ2v) is 8.31. The molecule has 1 saturated heterocycles. The first kappa shape index (κ1) is 30.1. The largest absolute Gasteiger partial charge is 0.481 e. The fourth-order valence-corrected chi connectivity index (χ4v) is 3.64.